The minimum Gasteiger partial charge on any atom is -0.404 e. The van der Waals surface area contributed by atoms with Gasteiger partial charge in [0.15, 0.2) is 0 Å². The molecular weight excluding hydrogens is 216 g/mol. The summed E-state index contributed by atoms with van der Waals surface area (Å²) in [6.45, 7) is 2.03. The molecule has 0 atom stereocenters. The number of aromatic nitrogens is 1. The molecule has 0 bridgehead atoms. The van der Waals surface area contributed by atoms with Crippen molar-refractivity contribution in [2.75, 3.05) is 12.4 Å². The first kappa shape index (κ1) is 12.9. The van der Waals surface area contributed by atoms with Gasteiger partial charge >= 0.3 is 0 Å². The van der Waals surface area contributed by atoms with Crippen LogP contribution in [0, 0.1) is 0 Å². The van der Waals surface area contributed by atoms with Gasteiger partial charge in [-0.2, -0.15) is 0 Å². The van der Waals surface area contributed by atoms with E-state index >= 15 is 0 Å². The van der Waals surface area contributed by atoms with Gasteiger partial charge in [0.05, 0.1) is 17.5 Å². The fourth-order valence-corrected chi connectivity index (χ4v) is 1.27. The van der Waals surface area contributed by atoms with Crippen molar-refractivity contribution in [3.05, 3.63) is 35.8 Å². The van der Waals surface area contributed by atoms with E-state index < -0.39 is 0 Å². The quantitative estimate of drug-likeness (QED) is 0.603. The molecule has 5 heteroatoms. The lowest BCUT2D eigenvalue weighted by molar-refractivity contribution is -0.112. The van der Waals surface area contributed by atoms with Crippen molar-refractivity contribution in [1.29, 1.82) is 0 Å². The zero-order valence-electron chi connectivity index (χ0n) is 9.97. The van der Waals surface area contributed by atoms with Gasteiger partial charge in [-0.15, -0.1) is 0 Å². The predicted octanol–water partition coefficient (Wildman–Crippen LogP) is 1.13. The molecule has 0 radical (unpaired) electrons. The number of carbonyl (C=O) groups excluding carboxylic acids is 1. The highest BCUT2D eigenvalue weighted by molar-refractivity contribution is 6.17. The summed E-state index contributed by atoms with van der Waals surface area (Å²) in [5.41, 5.74) is 7.37. The van der Waals surface area contributed by atoms with Crippen molar-refractivity contribution in [2.45, 2.75) is 13.3 Å². The molecule has 90 valence electrons. The number of anilines is 1. The molecule has 3 N–H and O–H groups in total. The topological polar surface area (TPSA) is 80.4 Å². The first-order valence-electron chi connectivity index (χ1n) is 5.30. The van der Waals surface area contributed by atoms with Crippen molar-refractivity contribution >= 4 is 17.8 Å². The first-order chi connectivity index (χ1) is 8.21. The Hall–Kier alpha value is -2.17. The van der Waals surface area contributed by atoms with Crippen LogP contribution in [-0.2, 0) is 11.2 Å². The second-order valence-electron chi connectivity index (χ2n) is 3.40. The van der Waals surface area contributed by atoms with E-state index in [1.165, 1.54) is 12.4 Å². The minimum absolute atomic E-state index is 0.298. The molecule has 0 aromatic carbocycles. The van der Waals surface area contributed by atoms with Crippen LogP contribution in [0.4, 0.5) is 5.69 Å². The largest absolute Gasteiger partial charge is 0.404 e. The van der Waals surface area contributed by atoms with Gasteiger partial charge in [-0.3, -0.25) is 14.8 Å². The van der Waals surface area contributed by atoms with E-state index in [0.29, 0.717) is 11.3 Å². The number of aliphatic imine (C=N–C) groups is 1. The summed E-state index contributed by atoms with van der Waals surface area (Å²) in [7, 11) is 1.58. The number of nitrogens with zero attached hydrogens (tertiary/aromatic N) is 2. The molecule has 1 amide bonds. The zero-order valence-corrected chi connectivity index (χ0v) is 9.97. The molecule has 5 nitrogen and oxygen atoms in total. The number of pyridine rings is 1. The highest BCUT2D eigenvalue weighted by atomic mass is 16.1. The fourth-order valence-electron chi connectivity index (χ4n) is 1.27. The molecular formula is C12H16N4O. The van der Waals surface area contributed by atoms with Crippen LogP contribution in [0.2, 0.25) is 0 Å². The number of amides is 1. The molecule has 17 heavy (non-hydrogen) atoms. The van der Waals surface area contributed by atoms with Crippen LogP contribution < -0.4 is 11.1 Å². The van der Waals surface area contributed by atoms with Gasteiger partial charge in [0.2, 0.25) is 0 Å². The minimum atomic E-state index is -0.298. The maximum atomic E-state index is 11.8. The molecule has 0 saturated carbocycles. The average Bonchev–Trinajstić information content (AvgIpc) is 2.36. The third-order valence-electron chi connectivity index (χ3n) is 2.17. The van der Waals surface area contributed by atoms with Gasteiger partial charge in [-0.05, 0) is 18.1 Å². The average molecular weight is 232 g/mol. The van der Waals surface area contributed by atoms with Crippen molar-refractivity contribution in [3.63, 3.8) is 0 Å². The van der Waals surface area contributed by atoms with Crippen molar-refractivity contribution in [1.82, 2.24) is 4.98 Å². The van der Waals surface area contributed by atoms with Gasteiger partial charge in [-0.1, -0.05) is 6.92 Å². The molecule has 0 aliphatic heterocycles. The third kappa shape index (κ3) is 3.71. The van der Waals surface area contributed by atoms with E-state index in [4.69, 9.17) is 5.73 Å². The van der Waals surface area contributed by atoms with Crippen LogP contribution in [0.3, 0.4) is 0 Å². The SMILES string of the molecule is CCc1cncc(NC(=O)C(C=NC)=CN)c1. The number of aryl methyl sites for hydroxylation is 1. The summed E-state index contributed by atoms with van der Waals surface area (Å²) in [6.07, 6.45) is 6.86. The Bertz CT molecular complexity index is 452. The number of nitrogens with one attached hydrogen (secondary N) is 1. The summed E-state index contributed by atoms with van der Waals surface area (Å²) in [6, 6.07) is 1.88. The van der Waals surface area contributed by atoms with E-state index in [1.54, 1.807) is 19.4 Å². The van der Waals surface area contributed by atoms with Gasteiger partial charge in [-0.25, -0.2) is 0 Å². The number of hydrogen-bond acceptors (Lipinski definition) is 4. The monoisotopic (exact) mass is 232 g/mol. The zero-order chi connectivity index (χ0) is 12.7. The molecule has 1 rings (SSSR count). The third-order valence-corrected chi connectivity index (χ3v) is 2.17. The smallest absolute Gasteiger partial charge is 0.258 e. The highest BCUT2D eigenvalue weighted by Crippen LogP contribution is 2.09. The second kappa shape index (κ2) is 6.42. The Kier molecular flexibility index (Phi) is 4.87. The fraction of sp³-hybridized carbons (Fsp3) is 0.250. The molecule has 0 unspecified atom stereocenters. The van der Waals surface area contributed by atoms with Gasteiger partial charge < -0.3 is 11.1 Å². The summed E-state index contributed by atoms with van der Waals surface area (Å²) < 4.78 is 0. The Balaban J connectivity index is 2.80. The molecule has 0 fully saturated rings. The van der Waals surface area contributed by atoms with Crippen molar-refractivity contribution < 1.29 is 4.79 Å². The predicted molar refractivity (Wildman–Crippen MR) is 68.9 cm³/mol. The van der Waals surface area contributed by atoms with Crippen LogP contribution in [-0.4, -0.2) is 24.2 Å². The molecule has 1 aromatic heterocycles. The van der Waals surface area contributed by atoms with Crippen LogP contribution in [0.5, 0.6) is 0 Å². The number of hydrogen-bond donors (Lipinski definition) is 2. The van der Waals surface area contributed by atoms with E-state index in [9.17, 15) is 4.79 Å². The van der Waals surface area contributed by atoms with Gasteiger partial charge in [0.1, 0.15) is 0 Å². The Morgan fingerprint density at radius 1 is 1.59 bits per heavy atom. The summed E-state index contributed by atoms with van der Waals surface area (Å²) >= 11 is 0. The maximum absolute atomic E-state index is 11.8. The maximum Gasteiger partial charge on any atom is 0.258 e. The number of nitrogens with two attached hydrogens (primary N) is 1. The van der Waals surface area contributed by atoms with E-state index in [1.807, 2.05) is 13.0 Å². The molecule has 1 heterocycles. The molecule has 0 aliphatic carbocycles. The summed E-state index contributed by atoms with van der Waals surface area (Å²) in [4.78, 5) is 19.5. The van der Waals surface area contributed by atoms with E-state index in [2.05, 4.69) is 15.3 Å². The number of carbonyl (C=O) groups is 1. The normalized spacial score (nSPS) is 11.8. The first-order valence-corrected chi connectivity index (χ1v) is 5.30. The van der Waals surface area contributed by atoms with E-state index in [0.717, 1.165) is 12.0 Å². The Morgan fingerprint density at radius 2 is 2.35 bits per heavy atom. The van der Waals surface area contributed by atoms with Crippen LogP contribution in [0.1, 0.15) is 12.5 Å². The number of rotatable bonds is 4. The Morgan fingerprint density at radius 3 is 2.94 bits per heavy atom. The lowest BCUT2D eigenvalue weighted by Gasteiger charge is -2.05. The highest BCUT2D eigenvalue weighted by Gasteiger charge is 2.07. The van der Waals surface area contributed by atoms with Crippen LogP contribution in [0.15, 0.2) is 35.2 Å². The molecule has 0 spiro atoms. The lowest BCUT2D eigenvalue weighted by Crippen LogP contribution is -2.16. The van der Waals surface area contributed by atoms with Crippen LogP contribution in [0.25, 0.3) is 0 Å². The molecule has 0 saturated heterocycles. The van der Waals surface area contributed by atoms with Gasteiger partial charge in [0.25, 0.3) is 5.91 Å². The standard InChI is InChI=1S/C12H16N4O/c1-3-9-4-11(8-15-6-9)16-12(17)10(5-13)7-14-2/h4-8H,3,13H2,1-2H3,(H,16,17). The van der Waals surface area contributed by atoms with Gasteiger partial charge in [0, 0.05) is 25.7 Å². The van der Waals surface area contributed by atoms with Crippen molar-refractivity contribution in [2.24, 2.45) is 10.7 Å². The summed E-state index contributed by atoms with van der Waals surface area (Å²) in [5.74, 6) is -0.298. The van der Waals surface area contributed by atoms with Crippen molar-refractivity contribution in [3.8, 4) is 0 Å². The summed E-state index contributed by atoms with van der Waals surface area (Å²) in [5, 5.41) is 2.71. The Labute approximate surface area is 100 Å². The lowest BCUT2D eigenvalue weighted by atomic mass is 10.2. The molecule has 1 aromatic rings. The molecule has 0 aliphatic rings. The van der Waals surface area contributed by atoms with E-state index in [-0.39, 0.29) is 5.91 Å². The van der Waals surface area contributed by atoms with Crippen LogP contribution >= 0.6 is 0 Å². The second-order valence-corrected chi connectivity index (χ2v) is 3.40.